The van der Waals surface area contributed by atoms with E-state index < -0.39 is 28.4 Å². The minimum absolute atomic E-state index is 0.0373. The Balaban J connectivity index is 1.43. The van der Waals surface area contributed by atoms with Gasteiger partial charge in [-0.25, -0.2) is 0 Å². The summed E-state index contributed by atoms with van der Waals surface area (Å²) in [5, 5.41) is 4.72. The molecule has 3 bridgehead atoms. The molecule has 0 aromatic heterocycles. The van der Waals surface area contributed by atoms with Crippen molar-refractivity contribution in [3.63, 3.8) is 0 Å². The van der Waals surface area contributed by atoms with Crippen molar-refractivity contribution >= 4 is 64.2 Å². The van der Waals surface area contributed by atoms with Crippen molar-refractivity contribution in [1.29, 1.82) is 0 Å². The molecule has 21 heavy (non-hydrogen) atoms. The van der Waals surface area contributed by atoms with Gasteiger partial charge in [-0.15, -0.1) is 0 Å². The summed E-state index contributed by atoms with van der Waals surface area (Å²) < 4.78 is 11.2. The third kappa shape index (κ3) is 1.69. The molecule has 0 spiro atoms. The summed E-state index contributed by atoms with van der Waals surface area (Å²) in [6.45, 7) is 2.00. The standard InChI is InChI=1S/C13H14B2I2O4/c1-11(16,13-14-17(13)15-13)10(19)21-12-4-6-2-7(5-12)20-9(18)8(12)3-6/h6-8H,2-5H2,1H3. The molecule has 0 amide bonds. The van der Waals surface area contributed by atoms with Gasteiger partial charge in [-0.1, -0.05) is 0 Å². The molecule has 5 rings (SSSR count). The van der Waals surface area contributed by atoms with Crippen LogP contribution in [0, 0.1) is 11.8 Å². The number of carbonyl (C=O) groups excluding carboxylic acids is 2. The molecule has 8 heteroatoms. The van der Waals surface area contributed by atoms with E-state index in [4.69, 9.17) is 9.47 Å². The molecule has 0 aromatic rings. The van der Waals surface area contributed by atoms with Gasteiger partial charge in [0.1, 0.15) is 0 Å². The van der Waals surface area contributed by atoms with Gasteiger partial charge in [0.05, 0.1) is 0 Å². The van der Waals surface area contributed by atoms with Crippen molar-refractivity contribution in [2.45, 2.75) is 51.0 Å². The summed E-state index contributed by atoms with van der Waals surface area (Å²) in [6, 6.07) is 0. The molecule has 0 aromatic carbocycles. The van der Waals surface area contributed by atoms with Crippen LogP contribution in [0.25, 0.3) is 0 Å². The van der Waals surface area contributed by atoms with Gasteiger partial charge in [0, 0.05) is 0 Å². The first-order valence-corrected chi connectivity index (χ1v) is 12.0. The first-order valence-electron chi connectivity index (χ1n) is 7.38. The molecule has 110 valence electrons. The van der Waals surface area contributed by atoms with Crippen LogP contribution in [-0.4, -0.2) is 40.6 Å². The molecule has 0 N–H and O–H groups in total. The van der Waals surface area contributed by atoms with Crippen molar-refractivity contribution in [2.24, 2.45) is 11.8 Å². The maximum atomic E-state index is 12.8. The van der Waals surface area contributed by atoms with Crippen molar-refractivity contribution in [1.82, 2.24) is 0 Å². The molecule has 5 atom stereocenters. The Labute approximate surface area is 145 Å². The van der Waals surface area contributed by atoms with Crippen LogP contribution in [0.4, 0.5) is 0 Å². The van der Waals surface area contributed by atoms with Gasteiger partial charge in [0.2, 0.25) is 0 Å². The van der Waals surface area contributed by atoms with E-state index in [1.165, 1.54) is 0 Å². The second kappa shape index (κ2) is 3.95. The first-order chi connectivity index (χ1) is 9.86. The van der Waals surface area contributed by atoms with Crippen LogP contribution in [0.5, 0.6) is 0 Å². The van der Waals surface area contributed by atoms with E-state index >= 15 is 0 Å². The fraction of sp³-hybridized carbons (Fsp3) is 0.846. The van der Waals surface area contributed by atoms with E-state index in [1.54, 1.807) is 0 Å². The second-order valence-electron chi connectivity index (χ2n) is 7.14. The van der Waals surface area contributed by atoms with E-state index in [-0.39, 0.29) is 27.2 Å². The number of alkyl halides is 2. The summed E-state index contributed by atoms with van der Waals surface area (Å²) in [5.41, 5.74) is -0.564. The minimum atomic E-state index is -0.958. The van der Waals surface area contributed by atoms with Crippen LogP contribution in [0.1, 0.15) is 32.6 Å². The van der Waals surface area contributed by atoms with Crippen LogP contribution in [0.15, 0.2) is 0 Å². The average molecular weight is 510 g/mol. The van der Waals surface area contributed by atoms with Crippen LogP contribution in [-0.2, 0) is 19.1 Å². The first kappa shape index (κ1) is 13.9. The number of esters is 2. The quantitative estimate of drug-likeness (QED) is 0.251. The van der Waals surface area contributed by atoms with Crippen LogP contribution < -0.4 is 0 Å². The second-order valence-corrected chi connectivity index (χ2v) is 14.3. The Morgan fingerprint density at radius 2 is 2.19 bits per heavy atom. The van der Waals surface area contributed by atoms with E-state index in [0.29, 0.717) is 12.3 Å². The Kier molecular flexibility index (Phi) is 2.62. The zero-order chi connectivity index (χ0) is 14.6. The molecule has 4 nitrogen and oxygen atoms in total. The molecule has 2 aliphatic carbocycles. The Morgan fingerprint density at radius 3 is 2.86 bits per heavy atom. The van der Waals surface area contributed by atoms with Gasteiger partial charge in [0.15, 0.2) is 0 Å². The van der Waals surface area contributed by atoms with Gasteiger partial charge in [-0.3, -0.25) is 0 Å². The fourth-order valence-corrected chi connectivity index (χ4v) is 13.8. The van der Waals surface area contributed by atoms with E-state index in [2.05, 4.69) is 32.9 Å². The van der Waals surface area contributed by atoms with Crippen LogP contribution in [0.3, 0.4) is 0 Å². The van der Waals surface area contributed by atoms with Gasteiger partial charge in [-0.2, -0.15) is 0 Å². The summed E-state index contributed by atoms with van der Waals surface area (Å²) in [6.07, 6.45) is 3.31. The van der Waals surface area contributed by atoms with Crippen molar-refractivity contribution in [3.05, 3.63) is 0 Å². The molecule has 2 saturated carbocycles. The van der Waals surface area contributed by atoms with E-state index in [0.717, 1.165) is 19.3 Å². The predicted molar refractivity (Wildman–Crippen MR) is 94.8 cm³/mol. The van der Waals surface area contributed by atoms with Crippen molar-refractivity contribution < 1.29 is 19.1 Å². The summed E-state index contributed by atoms with van der Waals surface area (Å²) in [5.74, 6) is -0.00324. The average Bonchev–Trinajstić information content (AvgIpc) is 3.20. The van der Waals surface area contributed by atoms with Crippen LogP contribution >= 0.6 is 42.0 Å². The van der Waals surface area contributed by atoms with Crippen molar-refractivity contribution in [2.75, 3.05) is 0 Å². The Hall–Kier alpha value is 0.530. The SMILES string of the molecule is CC(I)(C(=O)OC12CC3CC(C1)OC(=O)C2C3)C12[B]I1[B]2. The van der Waals surface area contributed by atoms with Gasteiger partial charge >= 0.3 is 146 Å². The van der Waals surface area contributed by atoms with Gasteiger partial charge in [0.25, 0.3) is 0 Å². The molecule has 2 radical (unpaired) electrons. The summed E-state index contributed by atoms with van der Waals surface area (Å²) in [7, 11) is 0. The third-order valence-electron chi connectivity index (χ3n) is 5.79. The molecule has 3 aliphatic heterocycles. The summed E-state index contributed by atoms with van der Waals surface area (Å²) >= 11 is 1.31. The molecule has 5 unspecified atom stereocenters. The third-order valence-corrected chi connectivity index (χ3v) is 13.9. The number of hydrogen-bond donors (Lipinski definition) is 0. The van der Waals surface area contributed by atoms with Gasteiger partial charge < -0.3 is 0 Å². The van der Waals surface area contributed by atoms with E-state index in [9.17, 15) is 9.59 Å². The van der Waals surface area contributed by atoms with Gasteiger partial charge in [-0.05, 0) is 0 Å². The van der Waals surface area contributed by atoms with Crippen LogP contribution in [0.2, 0.25) is 0 Å². The number of hydrogen-bond acceptors (Lipinski definition) is 4. The Morgan fingerprint density at radius 1 is 1.48 bits per heavy atom. The number of ether oxygens (including phenoxy) is 2. The monoisotopic (exact) mass is 510 g/mol. The zero-order valence-electron chi connectivity index (χ0n) is 11.6. The predicted octanol–water partition coefficient (Wildman–Crippen LogP) is 1.63. The number of halogens is 2. The van der Waals surface area contributed by atoms with E-state index in [1.807, 2.05) is 6.92 Å². The Bertz CT molecular complexity index is 577. The number of rotatable bonds is 3. The molecular weight excluding hydrogens is 496 g/mol. The summed E-state index contributed by atoms with van der Waals surface area (Å²) in [4.78, 5) is 25.0. The normalized spacial score (nSPS) is 47.4. The fourth-order valence-electron chi connectivity index (χ4n) is 4.45. The number of fused-ring (bicyclic) bond motifs is 3. The zero-order valence-corrected chi connectivity index (χ0v) is 15.9. The number of carbonyl (C=O) groups is 2. The topological polar surface area (TPSA) is 52.6 Å². The molecule has 5 aliphatic rings. The molecule has 5 fully saturated rings. The van der Waals surface area contributed by atoms with Crippen molar-refractivity contribution in [3.8, 4) is 0 Å². The molecule has 3 heterocycles. The maximum absolute atomic E-state index is 12.8. The molecular formula is C13H14B2I2O4. The molecule has 3 saturated heterocycles.